The Morgan fingerprint density at radius 2 is 1.85 bits per heavy atom. The third-order valence-electron chi connectivity index (χ3n) is 6.79. The van der Waals surface area contributed by atoms with Crippen LogP contribution in [0.1, 0.15) is 22.5 Å². The van der Waals surface area contributed by atoms with Crippen LogP contribution >= 0.6 is 11.3 Å². The molecule has 3 N–H and O–H groups in total. The molecule has 0 spiro atoms. The quantitative estimate of drug-likeness (QED) is 0.291. The molecule has 5 heterocycles. The lowest BCUT2D eigenvalue weighted by Crippen LogP contribution is -2.35. The number of morpholine rings is 2. The molecule has 0 saturated carbocycles. The van der Waals surface area contributed by atoms with Crippen LogP contribution in [0.3, 0.4) is 0 Å². The fraction of sp³-hybridized carbons (Fsp3) is 0.345. The Labute approximate surface area is 242 Å². The zero-order valence-corrected chi connectivity index (χ0v) is 23.4. The second kappa shape index (κ2) is 13.2. The fourth-order valence-corrected chi connectivity index (χ4v) is 5.61. The summed E-state index contributed by atoms with van der Waals surface area (Å²) < 4.78 is 11.5. The van der Waals surface area contributed by atoms with Gasteiger partial charge in [-0.1, -0.05) is 6.07 Å². The second-order valence-corrected chi connectivity index (χ2v) is 10.9. The Balaban J connectivity index is 1.19. The van der Waals surface area contributed by atoms with Crippen molar-refractivity contribution in [3.8, 4) is 22.1 Å². The van der Waals surface area contributed by atoms with Crippen LogP contribution < -0.4 is 16.0 Å². The van der Waals surface area contributed by atoms with Crippen LogP contribution in [-0.4, -0.2) is 76.9 Å². The summed E-state index contributed by atoms with van der Waals surface area (Å²) in [6.07, 6.45) is 1.45. The van der Waals surface area contributed by atoms with Crippen molar-refractivity contribution in [1.29, 1.82) is 0 Å². The van der Waals surface area contributed by atoms with Gasteiger partial charge in [0, 0.05) is 55.0 Å². The molecule has 1 atom stereocenters. The molecule has 41 heavy (non-hydrogen) atoms. The Morgan fingerprint density at radius 1 is 1.00 bits per heavy atom. The van der Waals surface area contributed by atoms with E-state index in [0.29, 0.717) is 42.9 Å². The van der Waals surface area contributed by atoms with Gasteiger partial charge in [0.2, 0.25) is 0 Å². The van der Waals surface area contributed by atoms with Gasteiger partial charge in [-0.05, 0) is 48.5 Å². The Kier molecular flexibility index (Phi) is 8.83. The van der Waals surface area contributed by atoms with Crippen molar-refractivity contribution in [2.75, 3.05) is 51.3 Å². The van der Waals surface area contributed by atoms with Crippen molar-refractivity contribution in [2.24, 2.45) is 0 Å². The highest BCUT2D eigenvalue weighted by Crippen LogP contribution is 2.30. The first-order valence-electron chi connectivity index (χ1n) is 13.7. The highest BCUT2D eigenvalue weighted by Gasteiger charge is 2.22. The first-order chi connectivity index (χ1) is 20.2. The predicted octanol–water partition coefficient (Wildman–Crippen LogP) is 3.48. The minimum Gasteiger partial charge on any atom is -0.379 e. The standard InChI is InChI=1S/C29H32N8O3S/c38-29(32-17-22-3-1-2-10-31-22)33-21-6-4-20(5-7-21)26-34-27(24-18-30-11-14-40-24)36-28(35-26)25-9-8-23(41-25)19-37-12-15-39-16-13-37/h1-10,24,30H,11-19H2,(H2,32,33,38). The van der Waals surface area contributed by atoms with Crippen molar-refractivity contribution < 1.29 is 14.3 Å². The molecular weight excluding hydrogens is 540 g/mol. The molecule has 2 amide bonds. The highest BCUT2D eigenvalue weighted by atomic mass is 32.1. The number of hydrogen-bond acceptors (Lipinski definition) is 10. The number of aromatic nitrogens is 4. The van der Waals surface area contributed by atoms with Crippen molar-refractivity contribution in [1.82, 2.24) is 35.5 Å². The largest absolute Gasteiger partial charge is 0.379 e. The van der Waals surface area contributed by atoms with Gasteiger partial charge in [-0.15, -0.1) is 11.3 Å². The molecule has 3 aromatic heterocycles. The monoisotopic (exact) mass is 572 g/mol. The number of amides is 2. The number of rotatable bonds is 8. The van der Waals surface area contributed by atoms with Gasteiger partial charge in [0.1, 0.15) is 6.10 Å². The maximum Gasteiger partial charge on any atom is 0.319 e. The molecule has 0 bridgehead atoms. The first kappa shape index (κ1) is 27.4. The van der Waals surface area contributed by atoms with Gasteiger partial charge in [-0.3, -0.25) is 9.88 Å². The van der Waals surface area contributed by atoms with E-state index >= 15 is 0 Å². The van der Waals surface area contributed by atoms with Gasteiger partial charge in [0.15, 0.2) is 17.5 Å². The van der Waals surface area contributed by atoms with Gasteiger partial charge >= 0.3 is 6.03 Å². The van der Waals surface area contributed by atoms with E-state index in [-0.39, 0.29) is 12.1 Å². The number of nitrogens with one attached hydrogen (secondary N) is 3. The van der Waals surface area contributed by atoms with E-state index in [0.717, 1.165) is 55.5 Å². The number of anilines is 1. The van der Waals surface area contributed by atoms with Gasteiger partial charge in [-0.2, -0.15) is 0 Å². The lowest BCUT2D eigenvalue weighted by atomic mass is 10.2. The van der Waals surface area contributed by atoms with E-state index in [9.17, 15) is 4.79 Å². The van der Waals surface area contributed by atoms with E-state index in [4.69, 9.17) is 24.4 Å². The average Bonchev–Trinajstić information content (AvgIpc) is 3.50. The normalized spacial score (nSPS) is 17.7. The van der Waals surface area contributed by atoms with Gasteiger partial charge in [0.25, 0.3) is 0 Å². The Hall–Kier alpha value is -3.81. The molecule has 12 heteroatoms. The maximum absolute atomic E-state index is 12.4. The summed E-state index contributed by atoms with van der Waals surface area (Å²) in [5.74, 6) is 1.80. The van der Waals surface area contributed by atoms with Crippen LogP contribution in [0.2, 0.25) is 0 Å². The zero-order chi connectivity index (χ0) is 27.9. The molecule has 4 aromatic rings. The molecule has 1 unspecified atom stereocenters. The first-order valence-corrected chi connectivity index (χ1v) is 14.5. The van der Waals surface area contributed by atoms with E-state index in [1.54, 1.807) is 17.5 Å². The lowest BCUT2D eigenvalue weighted by Gasteiger charge is -2.25. The maximum atomic E-state index is 12.4. The van der Waals surface area contributed by atoms with E-state index in [1.807, 2.05) is 42.5 Å². The van der Waals surface area contributed by atoms with Gasteiger partial charge in [0.05, 0.1) is 36.9 Å². The summed E-state index contributed by atoms with van der Waals surface area (Å²) in [5.41, 5.74) is 2.27. The number of carbonyl (C=O) groups is 1. The number of urea groups is 1. The predicted molar refractivity (Wildman–Crippen MR) is 156 cm³/mol. The number of carbonyl (C=O) groups excluding carboxylic acids is 1. The number of thiophene rings is 1. The molecule has 0 aliphatic carbocycles. The zero-order valence-electron chi connectivity index (χ0n) is 22.6. The molecule has 2 aliphatic heterocycles. The van der Waals surface area contributed by atoms with E-state index in [1.165, 1.54) is 4.88 Å². The number of nitrogens with zero attached hydrogens (tertiary/aromatic N) is 5. The summed E-state index contributed by atoms with van der Waals surface area (Å²) in [6.45, 7) is 6.72. The van der Waals surface area contributed by atoms with Crippen LogP contribution in [0, 0.1) is 0 Å². The number of benzene rings is 1. The third kappa shape index (κ3) is 7.29. The van der Waals surface area contributed by atoms with Crippen LogP contribution in [0.5, 0.6) is 0 Å². The van der Waals surface area contributed by atoms with Gasteiger partial charge < -0.3 is 25.4 Å². The molecule has 2 aliphatic rings. The topological polar surface area (TPSA) is 126 Å². The minimum atomic E-state index is -0.305. The molecule has 6 rings (SSSR count). The fourth-order valence-electron chi connectivity index (χ4n) is 4.62. The molecule has 2 fully saturated rings. The Bertz CT molecular complexity index is 1440. The smallest absolute Gasteiger partial charge is 0.319 e. The SMILES string of the molecule is O=C(NCc1ccccn1)Nc1ccc(-c2nc(-c3ccc(CN4CCOCC4)s3)nc(C3CNCCO3)n2)cc1. The molecular formula is C29H32N8O3S. The van der Waals surface area contributed by atoms with Crippen molar-refractivity contribution >= 4 is 23.1 Å². The number of ether oxygens (including phenoxy) is 2. The Morgan fingerprint density at radius 3 is 2.63 bits per heavy atom. The number of hydrogen-bond donors (Lipinski definition) is 3. The summed E-state index contributed by atoms with van der Waals surface area (Å²) in [6, 6.07) is 17.0. The molecule has 11 nitrogen and oxygen atoms in total. The van der Waals surface area contributed by atoms with Crippen LogP contribution in [0.4, 0.5) is 10.5 Å². The van der Waals surface area contributed by atoms with Gasteiger partial charge in [-0.25, -0.2) is 19.7 Å². The molecule has 212 valence electrons. The average molecular weight is 573 g/mol. The highest BCUT2D eigenvalue weighted by molar-refractivity contribution is 7.15. The molecule has 2 saturated heterocycles. The molecule has 0 radical (unpaired) electrons. The van der Waals surface area contributed by atoms with Crippen molar-refractivity contribution in [3.63, 3.8) is 0 Å². The van der Waals surface area contributed by atoms with Crippen LogP contribution in [-0.2, 0) is 22.6 Å². The van der Waals surface area contributed by atoms with Crippen LogP contribution in [0.15, 0.2) is 60.8 Å². The molecule has 1 aromatic carbocycles. The minimum absolute atomic E-state index is 0.249. The summed E-state index contributed by atoms with van der Waals surface area (Å²) in [7, 11) is 0. The summed E-state index contributed by atoms with van der Waals surface area (Å²) in [5, 5.41) is 9.03. The second-order valence-electron chi connectivity index (χ2n) is 9.76. The van der Waals surface area contributed by atoms with E-state index in [2.05, 4.69) is 38.0 Å². The number of pyridine rings is 1. The van der Waals surface area contributed by atoms with Crippen LogP contribution in [0.25, 0.3) is 22.1 Å². The summed E-state index contributed by atoms with van der Waals surface area (Å²) in [4.78, 5) is 35.7. The van der Waals surface area contributed by atoms with Crippen molar-refractivity contribution in [3.05, 3.63) is 77.2 Å². The third-order valence-corrected chi connectivity index (χ3v) is 7.86. The van der Waals surface area contributed by atoms with Crippen molar-refractivity contribution in [2.45, 2.75) is 19.2 Å². The lowest BCUT2D eigenvalue weighted by molar-refractivity contribution is 0.0221. The van der Waals surface area contributed by atoms with E-state index < -0.39 is 0 Å². The summed E-state index contributed by atoms with van der Waals surface area (Å²) >= 11 is 1.70.